The largest absolute Gasteiger partial charge is 0.338 e. The molecule has 2 saturated heterocycles. The molecule has 5 heteroatoms. The highest BCUT2D eigenvalue weighted by atomic mass is 32.2. The van der Waals surface area contributed by atoms with Crippen LogP contribution in [0.5, 0.6) is 0 Å². The van der Waals surface area contributed by atoms with Gasteiger partial charge in [-0.1, -0.05) is 48.5 Å². The van der Waals surface area contributed by atoms with Crippen LogP contribution in [0.4, 0.5) is 0 Å². The Morgan fingerprint density at radius 1 is 0.966 bits per heavy atom. The van der Waals surface area contributed by atoms with Crippen molar-refractivity contribution >= 4 is 23.6 Å². The maximum Gasteiger partial charge on any atom is 0.254 e. The topological polar surface area (TPSA) is 40.6 Å². The number of rotatable bonds is 4. The van der Waals surface area contributed by atoms with Crippen LogP contribution >= 0.6 is 11.8 Å². The Kier molecular flexibility index (Phi) is 5.95. The number of carbonyl (C=O) groups excluding carboxylic acids is 2. The molecule has 2 fully saturated rings. The summed E-state index contributed by atoms with van der Waals surface area (Å²) in [6, 6.07) is 18.0. The molecule has 0 saturated carbocycles. The molecule has 1 spiro atoms. The van der Waals surface area contributed by atoms with E-state index in [1.165, 1.54) is 5.56 Å². The van der Waals surface area contributed by atoms with Crippen LogP contribution in [-0.4, -0.2) is 51.9 Å². The molecule has 0 aliphatic carbocycles. The van der Waals surface area contributed by atoms with Gasteiger partial charge in [0.2, 0.25) is 5.91 Å². The van der Waals surface area contributed by atoms with E-state index < -0.39 is 0 Å². The number of aryl methyl sites for hydroxylation is 2. The molecule has 2 aromatic carbocycles. The number of nitrogens with zero attached hydrogens (tertiary/aromatic N) is 2. The number of amides is 2. The number of hydrogen-bond acceptors (Lipinski definition) is 3. The molecule has 0 bridgehead atoms. The van der Waals surface area contributed by atoms with Crippen molar-refractivity contribution in [2.24, 2.45) is 0 Å². The van der Waals surface area contributed by atoms with Crippen molar-refractivity contribution in [2.75, 3.05) is 25.4 Å². The van der Waals surface area contributed by atoms with Gasteiger partial charge in [0.25, 0.3) is 5.91 Å². The number of hydrogen-bond donors (Lipinski definition) is 0. The van der Waals surface area contributed by atoms with E-state index in [1.54, 1.807) is 0 Å². The van der Waals surface area contributed by atoms with Crippen molar-refractivity contribution in [3.63, 3.8) is 0 Å². The molecule has 152 valence electrons. The minimum Gasteiger partial charge on any atom is -0.338 e. The normalized spacial score (nSPS) is 18.2. The van der Waals surface area contributed by atoms with Crippen molar-refractivity contribution < 1.29 is 9.59 Å². The summed E-state index contributed by atoms with van der Waals surface area (Å²) in [6.07, 6.45) is 3.05. The van der Waals surface area contributed by atoms with Gasteiger partial charge in [0, 0.05) is 37.4 Å². The predicted molar refractivity (Wildman–Crippen MR) is 118 cm³/mol. The van der Waals surface area contributed by atoms with Crippen LogP contribution in [-0.2, 0) is 11.2 Å². The van der Waals surface area contributed by atoms with Crippen LogP contribution in [0.2, 0.25) is 0 Å². The Balaban J connectivity index is 1.38. The molecule has 0 atom stereocenters. The van der Waals surface area contributed by atoms with Crippen LogP contribution in [0.1, 0.15) is 40.7 Å². The van der Waals surface area contributed by atoms with Crippen LogP contribution in [0.25, 0.3) is 0 Å². The van der Waals surface area contributed by atoms with Crippen molar-refractivity contribution in [2.45, 2.75) is 37.5 Å². The van der Waals surface area contributed by atoms with Gasteiger partial charge in [0.1, 0.15) is 0 Å². The van der Waals surface area contributed by atoms with Crippen LogP contribution in [0.3, 0.4) is 0 Å². The molecule has 2 amide bonds. The quantitative estimate of drug-likeness (QED) is 0.764. The molecule has 2 aliphatic rings. The summed E-state index contributed by atoms with van der Waals surface area (Å²) in [5.41, 5.74) is 3.02. The van der Waals surface area contributed by atoms with Gasteiger partial charge in [-0.15, -0.1) is 11.8 Å². The van der Waals surface area contributed by atoms with Gasteiger partial charge >= 0.3 is 0 Å². The van der Waals surface area contributed by atoms with E-state index in [0.29, 0.717) is 19.5 Å². The van der Waals surface area contributed by atoms with Crippen molar-refractivity contribution in [3.8, 4) is 0 Å². The predicted octanol–water partition coefficient (Wildman–Crippen LogP) is 4.14. The molecule has 0 aromatic heterocycles. The summed E-state index contributed by atoms with van der Waals surface area (Å²) >= 11 is 1.90. The number of piperidine rings is 1. The summed E-state index contributed by atoms with van der Waals surface area (Å²) in [5.74, 6) is 1.35. The second-order valence-electron chi connectivity index (χ2n) is 7.93. The Labute approximate surface area is 177 Å². The van der Waals surface area contributed by atoms with E-state index in [9.17, 15) is 9.59 Å². The highest BCUT2D eigenvalue weighted by Gasteiger charge is 2.46. The zero-order chi connectivity index (χ0) is 20.3. The van der Waals surface area contributed by atoms with Crippen LogP contribution in [0, 0.1) is 6.92 Å². The molecule has 2 heterocycles. The second kappa shape index (κ2) is 8.62. The summed E-state index contributed by atoms with van der Waals surface area (Å²) in [7, 11) is 0. The Hall–Kier alpha value is -2.27. The van der Waals surface area contributed by atoms with E-state index in [2.05, 4.69) is 17.0 Å². The third-order valence-electron chi connectivity index (χ3n) is 6.16. The Bertz CT molecular complexity index is 875. The van der Waals surface area contributed by atoms with Gasteiger partial charge in [0.15, 0.2) is 0 Å². The maximum absolute atomic E-state index is 13.0. The van der Waals surface area contributed by atoms with Gasteiger partial charge in [-0.3, -0.25) is 9.59 Å². The number of carbonyl (C=O) groups is 2. The molecule has 29 heavy (non-hydrogen) atoms. The number of likely N-dealkylation sites (tertiary alicyclic amines) is 1. The molecule has 2 aliphatic heterocycles. The highest BCUT2D eigenvalue weighted by molar-refractivity contribution is 8.00. The third-order valence-corrected chi connectivity index (χ3v) is 7.71. The monoisotopic (exact) mass is 408 g/mol. The first kappa shape index (κ1) is 20.0. The Morgan fingerprint density at radius 3 is 2.38 bits per heavy atom. The average molecular weight is 409 g/mol. The zero-order valence-corrected chi connectivity index (χ0v) is 17.8. The van der Waals surface area contributed by atoms with E-state index in [4.69, 9.17) is 0 Å². The first-order valence-corrected chi connectivity index (χ1v) is 11.4. The lowest BCUT2D eigenvalue weighted by molar-refractivity contribution is -0.134. The molecule has 4 rings (SSSR count). The van der Waals surface area contributed by atoms with Gasteiger partial charge < -0.3 is 9.80 Å². The van der Waals surface area contributed by atoms with Crippen molar-refractivity contribution in [1.29, 1.82) is 0 Å². The molecule has 4 nitrogen and oxygen atoms in total. The zero-order valence-electron chi connectivity index (χ0n) is 17.0. The van der Waals surface area contributed by atoms with E-state index in [-0.39, 0.29) is 16.7 Å². The van der Waals surface area contributed by atoms with E-state index in [1.807, 2.05) is 66.1 Å². The molecular weight excluding hydrogens is 380 g/mol. The number of thioether (sulfide) groups is 1. The fraction of sp³-hybridized carbons (Fsp3) is 0.417. The fourth-order valence-electron chi connectivity index (χ4n) is 4.45. The minimum absolute atomic E-state index is 0.114. The van der Waals surface area contributed by atoms with Crippen LogP contribution < -0.4 is 0 Å². The SMILES string of the molecule is Cc1ccccc1C(=O)N1CCC2(CC1)SCCN2C(=O)CCc1ccccc1. The smallest absolute Gasteiger partial charge is 0.254 e. The molecule has 0 unspecified atom stereocenters. The summed E-state index contributed by atoms with van der Waals surface area (Å²) in [4.78, 5) is 29.9. The minimum atomic E-state index is -0.129. The third kappa shape index (κ3) is 4.20. The number of benzene rings is 2. The highest BCUT2D eigenvalue weighted by Crippen LogP contribution is 2.44. The van der Waals surface area contributed by atoms with Crippen molar-refractivity contribution in [1.82, 2.24) is 9.80 Å². The summed E-state index contributed by atoms with van der Waals surface area (Å²) in [5, 5.41) is 0. The Morgan fingerprint density at radius 2 is 1.66 bits per heavy atom. The summed E-state index contributed by atoms with van der Waals surface area (Å²) < 4.78 is 0. The molecular formula is C24H28N2O2S. The lowest BCUT2D eigenvalue weighted by Crippen LogP contribution is -2.53. The van der Waals surface area contributed by atoms with Gasteiger partial charge in [0.05, 0.1) is 4.87 Å². The van der Waals surface area contributed by atoms with Gasteiger partial charge in [-0.05, 0) is 43.4 Å². The average Bonchev–Trinajstić information content (AvgIpc) is 3.16. The van der Waals surface area contributed by atoms with Crippen LogP contribution in [0.15, 0.2) is 54.6 Å². The second-order valence-corrected chi connectivity index (χ2v) is 9.39. The maximum atomic E-state index is 13.0. The molecule has 0 radical (unpaired) electrons. The van der Waals surface area contributed by atoms with E-state index >= 15 is 0 Å². The lowest BCUT2D eigenvalue weighted by Gasteiger charge is -2.44. The lowest BCUT2D eigenvalue weighted by atomic mass is 9.99. The summed E-state index contributed by atoms with van der Waals surface area (Å²) in [6.45, 7) is 4.23. The van der Waals surface area contributed by atoms with E-state index in [0.717, 1.165) is 42.7 Å². The first-order valence-electron chi connectivity index (χ1n) is 10.4. The van der Waals surface area contributed by atoms with Gasteiger partial charge in [-0.25, -0.2) is 0 Å². The van der Waals surface area contributed by atoms with Crippen molar-refractivity contribution in [3.05, 3.63) is 71.3 Å². The van der Waals surface area contributed by atoms with Gasteiger partial charge in [-0.2, -0.15) is 0 Å². The standard InChI is InChI=1S/C24H28N2O2S/c1-19-7-5-6-10-21(19)23(28)25-15-13-24(14-16-25)26(17-18-29-24)22(27)12-11-20-8-3-2-4-9-20/h2-10H,11-18H2,1H3. The fourth-order valence-corrected chi connectivity index (χ4v) is 5.92. The first-order chi connectivity index (χ1) is 14.1. The molecule has 2 aromatic rings. The molecule has 0 N–H and O–H groups in total.